The summed E-state index contributed by atoms with van der Waals surface area (Å²) in [6.07, 6.45) is 2.08. The van der Waals surface area contributed by atoms with Gasteiger partial charge in [-0.25, -0.2) is 10.4 Å². The van der Waals surface area contributed by atoms with Crippen LogP contribution in [0.2, 0.25) is 10.0 Å². The molecule has 0 aromatic heterocycles. The van der Waals surface area contributed by atoms with Crippen LogP contribution in [0.15, 0.2) is 77.0 Å². The molecule has 1 aliphatic rings. The number of nitro groups is 1. The first kappa shape index (κ1) is 21.1. The topological polar surface area (TPSA) is 133 Å². The first-order valence-corrected chi connectivity index (χ1v) is 9.27. The summed E-state index contributed by atoms with van der Waals surface area (Å²) < 4.78 is 0. The zero-order valence-electron chi connectivity index (χ0n) is 15.3. The van der Waals surface area contributed by atoms with Crippen molar-refractivity contribution in [2.75, 3.05) is 0 Å². The second kappa shape index (κ2) is 9.28. The molecular weight excluding hydrogens is 429 g/mol. The molecule has 0 amide bonds. The molecule has 1 unspecified atom stereocenters. The van der Waals surface area contributed by atoms with Gasteiger partial charge in [-0.3, -0.25) is 15.5 Å². The molecule has 1 atom stereocenters. The normalized spacial score (nSPS) is 16.8. The number of hydrogen-bond donors (Lipinski definition) is 3. The van der Waals surface area contributed by atoms with E-state index in [0.717, 1.165) is 0 Å². The van der Waals surface area contributed by atoms with Gasteiger partial charge in [0.05, 0.1) is 22.8 Å². The van der Waals surface area contributed by atoms with Gasteiger partial charge in [0, 0.05) is 15.6 Å². The number of hydrazine groups is 1. The van der Waals surface area contributed by atoms with Crippen molar-refractivity contribution >= 4 is 29.4 Å². The Balaban J connectivity index is 1.90. The van der Waals surface area contributed by atoms with Crippen molar-refractivity contribution in [3.63, 3.8) is 0 Å². The number of rotatable bonds is 6. The molecule has 1 heterocycles. The Labute approximate surface area is 181 Å². The van der Waals surface area contributed by atoms with E-state index in [9.17, 15) is 15.4 Å². The summed E-state index contributed by atoms with van der Waals surface area (Å²) in [5.41, 5.74) is 13.0. The Morgan fingerprint density at radius 3 is 2.57 bits per heavy atom. The molecule has 0 radical (unpaired) electrons. The van der Waals surface area contributed by atoms with Crippen LogP contribution in [0.25, 0.3) is 0 Å². The molecule has 0 fully saturated rings. The van der Waals surface area contributed by atoms with Gasteiger partial charge in [-0.1, -0.05) is 59.6 Å². The third-order valence-electron chi connectivity index (χ3n) is 4.16. The highest BCUT2D eigenvalue weighted by molar-refractivity contribution is 6.33. The van der Waals surface area contributed by atoms with Crippen LogP contribution in [0.1, 0.15) is 17.2 Å². The fraction of sp³-hybridized carbons (Fsp3) is 0.0526. The number of nitriles is 1. The molecule has 0 aliphatic carbocycles. The lowest BCUT2D eigenvalue weighted by atomic mass is 10.0. The van der Waals surface area contributed by atoms with E-state index in [1.807, 2.05) is 6.07 Å². The van der Waals surface area contributed by atoms with Crippen molar-refractivity contribution in [3.05, 3.63) is 103 Å². The molecule has 3 rings (SSSR count). The predicted octanol–water partition coefficient (Wildman–Crippen LogP) is 3.25. The van der Waals surface area contributed by atoms with Crippen LogP contribution >= 0.6 is 23.2 Å². The lowest BCUT2D eigenvalue weighted by Gasteiger charge is -2.22. The Bertz CT molecular complexity index is 1110. The SMILES string of the molecule is N#CC1=C(N)N(/C(=C/[N+](=O)[O-])N/N=C/c2ccccc2Cl)NC1c1ccccc1Cl. The molecule has 30 heavy (non-hydrogen) atoms. The molecule has 11 heteroatoms. The van der Waals surface area contributed by atoms with E-state index >= 15 is 0 Å². The summed E-state index contributed by atoms with van der Waals surface area (Å²) in [5, 5.41) is 26.8. The van der Waals surface area contributed by atoms with E-state index in [4.69, 9.17) is 28.9 Å². The Morgan fingerprint density at radius 2 is 1.93 bits per heavy atom. The molecule has 2 aromatic rings. The largest absolute Gasteiger partial charge is 0.383 e. The van der Waals surface area contributed by atoms with Crippen LogP contribution in [0, 0.1) is 21.4 Å². The van der Waals surface area contributed by atoms with Crippen LogP contribution in [-0.2, 0) is 0 Å². The second-order valence-corrected chi connectivity index (χ2v) is 6.84. The van der Waals surface area contributed by atoms with E-state index in [1.165, 1.54) is 11.2 Å². The average molecular weight is 444 g/mol. The molecule has 4 N–H and O–H groups in total. The van der Waals surface area contributed by atoms with Gasteiger partial charge in [0.1, 0.15) is 11.9 Å². The number of hydrazone groups is 1. The van der Waals surface area contributed by atoms with Gasteiger partial charge in [-0.2, -0.15) is 10.4 Å². The van der Waals surface area contributed by atoms with E-state index in [2.05, 4.69) is 16.0 Å². The molecule has 2 aromatic carbocycles. The lowest BCUT2D eigenvalue weighted by molar-refractivity contribution is -0.404. The first-order valence-electron chi connectivity index (χ1n) is 8.51. The minimum Gasteiger partial charge on any atom is -0.383 e. The van der Waals surface area contributed by atoms with Gasteiger partial charge in [-0.05, 0) is 17.7 Å². The van der Waals surface area contributed by atoms with Gasteiger partial charge in [-0.15, -0.1) is 0 Å². The summed E-state index contributed by atoms with van der Waals surface area (Å²) in [5.74, 6) is -0.126. The van der Waals surface area contributed by atoms with Gasteiger partial charge >= 0.3 is 0 Å². The molecule has 9 nitrogen and oxygen atoms in total. The third-order valence-corrected chi connectivity index (χ3v) is 4.85. The Hall–Kier alpha value is -3.58. The van der Waals surface area contributed by atoms with Crippen molar-refractivity contribution in [3.8, 4) is 6.07 Å². The van der Waals surface area contributed by atoms with Crippen molar-refractivity contribution in [2.45, 2.75) is 6.04 Å². The summed E-state index contributed by atoms with van der Waals surface area (Å²) in [6.45, 7) is 0. The molecule has 152 valence electrons. The molecule has 0 spiro atoms. The minimum atomic E-state index is -0.687. The first-order chi connectivity index (χ1) is 14.4. The second-order valence-electron chi connectivity index (χ2n) is 6.02. The maximum atomic E-state index is 11.1. The van der Waals surface area contributed by atoms with Crippen LogP contribution < -0.4 is 16.6 Å². The number of nitrogens with one attached hydrogen (secondary N) is 2. The fourth-order valence-corrected chi connectivity index (χ4v) is 3.20. The zero-order valence-corrected chi connectivity index (χ0v) is 16.8. The van der Waals surface area contributed by atoms with Crippen LogP contribution in [0.5, 0.6) is 0 Å². The molecular formula is C19H15Cl2N7O2. The number of nitrogens with zero attached hydrogens (tertiary/aromatic N) is 4. The predicted molar refractivity (Wildman–Crippen MR) is 113 cm³/mol. The highest BCUT2D eigenvalue weighted by Crippen LogP contribution is 2.34. The van der Waals surface area contributed by atoms with E-state index < -0.39 is 11.0 Å². The van der Waals surface area contributed by atoms with Gasteiger partial charge in [0.15, 0.2) is 0 Å². The maximum Gasteiger partial charge on any atom is 0.277 e. The average Bonchev–Trinajstić information content (AvgIpc) is 3.04. The number of nitrogens with two attached hydrogens (primary N) is 1. The molecule has 1 aliphatic heterocycles. The van der Waals surface area contributed by atoms with E-state index in [1.54, 1.807) is 48.5 Å². The van der Waals surface area contributed by atoms with Gasteiger partial charge in [0.2, 0.25) is 5.82 Å². The van der Waals surface area contributed by atoms with E-state index in [-0.39, 0.29) is 17.2 Å². The summed E-state index contributed by atoms with van der Waals surface area (Å²) in [4.78, 5) is 10.5. The highest BCUT2D eigenvalue weighted by atomic mass is 35.5. The van der Waals surface area contributed by atoms with E-state index in [0.29, 0.717) is 27.4 Å². The smallest absolute Gasteiger partial charge is 0.277 e. The third kappa shape index (κ3) is 4.52. The minimum absolute atomic E-state index is 0.0176. The monoisotopic (exact) mass is 443 g/mol. The standard InChI is InChI=1S/C19H15Cl2N7O2/c20-15-7-3-1-5-12(15)10-24-25-17(11-27(29)30)28-19(23)14(9-22)18(26-28)13-6-2-4-8-16(13)21/h1-8,10-11,18,25-26H,23H2/b17-11+,24-10+. The van der Waals surface area contributed by atoms with Crippen molar-refractivity contribution < 1.29 is 4.92 Å². The van der Waals surface area contributed by atoms with Crippen LogP contribution in [0.3, 0.4) is 0 Å². The number of benzene rings is 2. The number of hydrogen-bond acceptors (Lipinski definition) is 8. The fourth-order valence-electron chi connectivity index (χ4n) is 2.77. The van der Waals surface area contributed by atoms with Crippen molar-refractivity contribution in [1.29, 1.82) is 5.26 Å². The summed E-state index contributed by atoms with van der Waals surface area (Å²) in [6, 6.07) is 15.2. The van der Waals surface area contributed by atoms with Gasteiger partial charge < -0.3 is 5.73 Å². The summed E-state index contributed by atoms with van der Waals surface area (Å²) >= 11 is 12.3. The molecule has 0 saturated heterocycles. The van der Waals surface area contributed by atoms with Crippen LogP contribution in [0.4, 0.5) is 0 Å². The Morgan fingerprint density at radius 1 is 1.27 bits per heavy atom. The zero-order chi connectivity index (χ0) is 21.7. The molecule has 0 saturated carbocycles. The summed E-state index contributed by atoms with van der Waals surface area (Å²) in [7, 11) is 0. The lowest BCUT2D eigenvalue weighted by Crippen LogP contribution is -2.39. The van der Waals surface area contributed by atoms with Crippen LogP contribution in [-0.4, -0.2) is 16.1 Å². The van der Waals surface area contributed by atoms with Crippen molar-refractivity contribution in [2.24, 2.45) is 10.8 Å². The maximum absolute atomic E-state index is 11.1. The van der Waals surface area contributed by atoms with Gasteiger partial charge in [0.25, 0.3) is 6.20 Å². The number of halogens is 2. The Kier molecular flexibility index (Phi) is 6.54. The highest BCUT2D eigenvalue weighted by Gasteiger charge is 2.35. The quantitative estimate of drug-likeness (QED) is 0.354. The van der Waals surface area contributed by atoms with Crippen molar-refractivity contribution in [1.82, 2.24) is 15.9 Å². The molecule has 0 bridgehead atoms.